The molecule has 0 spiro atoms. The average molecular weight is 315 g/mol. The molecule has 1 aromatic heterocycles. The molecule has 66 valence electrons. The summed E-state index contributed by atoms with van der Waals surface area (Å²) in [5.74, 6) is -0.340. The number of ether oxygens (including phenoxy) is 1. The quantitative estimate of drug-likeness (QED) is 0.788. The number of halogens is 2. The Bertz CT molecular complexity index is 300. The van der Waals surface area contributed by atoms with E-state index in [-0.39, 0.29) is 5.97 Å². The second-order valence-electron chi connectivity index (χ2n) is 1.84. The summed E-state index contributed by atoms with van der Waals surface area (Å²) in [5, 5.41) is 0. The summed E-state index contributed by atoms with van der Waals surface area (Å²) in [6, 6.07) is 0. The molecule has 6 heteroatoms. The Hall–Kier alpha value is 0.0600. The van der Waals surface area contributed by atoms with E-state index in [9.17, 15) is 4.79 Å². The van der Waals surface area contributed by atoms with Crippen LogP contribution in [-0.4, -0.2) is 16.9 Å². The molecule has 0 N–H and O–H groups in total. The van der Waals surface area contributed by atoms with Crippen molar-refractivity contribution < 1.29 is 9.53 Å². The Morgan fingerprint density at radius 3 is 2.75 bits per heavy atom. The Morgan fingerprint density at radius 1 is 1.67 bits per heavy atom. The normalized spacial score (nSPS) is 9.92. The lowest BCUT2D eigenvalue weighted by atomic mass is 10.5. The van der Waals surface area contributed by atoms with E-state index in [1.54, 1.807) is 6.92 Å². The van der Waals surface area contributed by atoms with Crippen molar-refractivity contribution in [3.8, 4) is 0 Å². The number of carbonyl (C=O) groups is 1. The largest absolute Gasteiger partial charge is 0.462 e. The molecule has 0 saturated heterocycles. The number of aromatic nitrogens is 1. The van der Waals surface area contributed by atoms with Crippen molar-refractivity contribution in [1.29, 1.82) is 0 Å². The summed E-state index contributed by atoms with van der Waals surface area (Å²) in [6.45, 7) is 2.14. The monoisotopic (exact) mass is 313 g/mol. The van der Waals surface area contributed by atoms with Gasteiger partial charge in [0.1, 0.15) is 9.48 Å². The highest BCUT2D eigenvalue weighted by Crippen LogP contribution is 2.29. The maximum atomic E-state index is 11.2. The van der Waals surface area contributed by atoms with E-state index in [4.69, 9.17) is 4.74 Å². The van der Waals surface area contributed by atoms with Crippen LogP contribution in [0.15, 0.2) is 9.08 Å². The molecule has 1 rings (SSSR count). The molecule has 0 aliphatic rings. The van der Waals surface area contributed by atoms with Crippen molar-refractivity contribution in [2.75, 3.05) is 6.61 Å². The summed E-state index contributed by atoms with van der Waals surface area (Å²) in [7, 11) is 0. The summed E-state index contributed by atoms with van der Waals surface area (Å²) in [5.41, 5.74) is 0. The van der Waals surface area contributed by atoms with Crippen LogP contribution in [-0.2, 0) is 4.74 Å². The van der Waals surface area contributed by atoms with Crippen LogP contribution in [0.3, 0.4) is 0 Å². The van der Waals surface area contributed by atoms with E-state index >= 15 is 0 Å². The fraction of sp³-hybridized carbons (Fsp3) is 0.333. The van der Waals surface area contributed by atoms with Crippen molar-refractivity contribution in [3.63, 3.8) is 0 Å². The van der Waals surface area contributed by atoms with Gasteiger partial charge in [-0.3, -0.25) is 0 Å². The van der Waals surface area contributed by atoms with Crippen LogP contribution < -0.4 is 0 Å². The van der Waals surface area contributed by atoms with E-state index in [1.807, 2.05) is 0 Å². The molecule has 0 unspecified atom stereocenters. The molecule has 0 bridgehead atoms. The summed E-state index contributed by atoms with van der Waals surface area (Å²) in [4.78, 5) is 11.7. The van der Waals surface area contributed by atoms with Crippen LogP contribution in [0.4, 0.5) is 0 Å². The lowest BCUT2D eigenvalue weighted by Crippen LogP contribution is -2.02. The molecule has 3 nitrogen and oxygen atoms in total. The predicted octanol–water partition coefficient (Wildman–Crippen LogP) is 2.84. The number of esters is 1. The van der Waals surface area contributed by atoms with E-state index in [0.29, 0.717) is 20.6 Å². The van der Waals surface area contributed by atoms with Crippen LogP contribution >= 0.6 is 43.4 Å². The first-order valence-electron chi connectivity index (χ1n) is 3.14. The standard InChI is InChI=1S/C6H5Br2NO2S/c1-2-11-6(10)4-3(7)5(8)9-12-4/h2H2,1H3. The van der Waals surface area contributed by atoms with Gasteiger partial charge in [0.2, 0.25) is 0 Å². The minimum absolute atomic E-state index is 0.340. The Balaban J connectivity index is 2.88. The highest BCUT2D eigenvalue weighted by Gasteiger charge is 2.16. The summed E-state index contributed by atoms with van der Waals surface area (Å²) >= 11 is 7.51. The maximum Gasteiger partial charge on any atom is 0.351 e. The number of hydrogen-bond acceptors (Lipinski definition) is 4. The van der Waals surface area contributed by atoms with Gasteiger partial charge in [0.15, 0.2) is 0 Å². The van der Waals surface area contributed by atoms with E-state index < -0.39 is 0 Å². The smallest absolute Gasteiger partial charge is 0.351 e. The Labute approximate surface area is 90.5 Å². The number of carbonyl (C=O) groups excluding carboxylic acids is 1. The molecular weight excluding hydrogens is 310 g/mol. The van der Waals surface area contributed by atoms with Gasteiger partial charge in [-0.05, 0) is 50.3 Å². The van der Waals surface area contributed by atoms with E-state index in [0.717, 1.165) is 11.5 Å². The molecule has 12 heavy (non-hydrogen) atoms. The SMILES string of the molecule is CCOC(=O)c1snc(Br)c1Br. The highest BCUT2D eigenvalue weighted by molar-refractivity contribution is 9.13. The molecule has 1 aromatic rings. The van der Waals surface area contributed by atoms with Crippen molar-refractivity contribution in [3.05, 3.63) is 14.0 Å². The first-order chi connectivity index (χ1) is 5.66. The minimum atomic E-state index is -0.340. The fourth-order valence-corrected chi connectivity index (χ4v) is 2.29. The highest BCUT2D eigenvalue weighted by atomic mass is 79.9. The van der Waals surface area contributed by atoms with Gasteiger partial charge in [0, 0.05) is 0 Å². The van der Waals surface area contributed by atoms with Crippen LogP contribution in [0.25, 0.3) is 0 Å². The second-order valence-corrected chi connectivity index (χ2v) is 4.15. The van der Waals surface area contributed by atoms with E-state index in [2.05, 4.69) is 36.2 Å². The second kappa shape index (κ2) is 4.34. The van der Waals surface area contributed by atoms with Crippen molar-refractivity contribution in [2.24, 2.45) is 0 Å². The van der Waals surface area contributed by atoms with Crippen LogP contribution in [0.5, 0.6) is 0 Å². The van der Waals surface area contributed by atoms with Crippen molar-refractivity contribution >= 4 is 49.4 Å². The zero-order chi connectivity index (χ0) is 9.14. The fourth-order valence-electron chi connectivity index (χ4n) is 0.583. The van der Waals surface area contributed by atoms with Gasteiger partial charge in [-0.2, -0.15) is 4.37 Å². The van der Waals surface area contributed by atoms with Gasteiger partial charge in [0.05, 0.1) is 11.1 Å². The first-order valence-corrected chi connectivity index (χ1v) is 5.50. The van der Waals surface area contributed by atoms with Gasteiger partial charge in [0.25, 0.3) is 0 Å². The molecule has 1 heterocycles. The first kappa shape index (κ1) is 10.1. The maximum absolute atomic E-state index is 11.2. The topological polar surface area (TPSA) is 39.2 Å². The minimum Gasteiger partial charge on any atom is -0.462 e. The zero-order valence-electron chi connectivity index (χ0n) is 6.13. The van der Waals surface area contributed by atoms with Gasteiger partial charge in [-0.25, -0.2) is 4.79 Å². The summed E-state index contributed by atoms with van der Waals surface area (Å²) < 4.78 is 10.0. The van der Waals surface area contributed by atoms with E-state index in [1.165, 1.54) is 0 Å². The third-order valence-corrected chi connectivity index (χ3v) is 4.26. The van der Waals surface area contributed by atoms with Gasteiger partial charge in [-0.15, -0.1) is 0 Å². The predicted molar refractivity (Wildman–Crippen MR) is 53.5 cm³/mol. The van der Waals surface area contributed by atoms with Crippen LogP contribution in [0.1, 0.15) is 16.6 Å². The Kier molecular flexibility index (Phi) is 3.67. The molecule has 0 atom stereocenters. The Morgan fingerprint density at radius 2 is 2.33 bits per heavy atom. The van der Waals surface area contributed by atoms with Crippen LogP contribution in [0, 0.1) is 0 Å². The zero-order valence-corrected chi connectivity index (χ0v) is 10.1. The molecule has 0 saturated carbocycles. The molecule has 0 radical (unpaired) electrons. The molecule has 0 amide bonds. The van der Waals surface area contributed by atoms with Crippen LogP contribution in [0.2, 0.25) is 0 Å². The average Bonchev–Trinajstić information content (AvgIpc) is 2.34. The van der Waals surface area contributed by atoms with Gasteiger partial charge < -0.3 is 4.74 Å². The lowest BCUT2D eigenvalue weighted by Gasteiger charge is -1.97. The number of nitrogens with zero attached hydrogens (tertiary/aromatic N) is 1. The van der Waals surface area contributed by atoms with Gasteiger partial charge in [-0.1, -0.05) is 0 Å². The molecular formula is C6H5Br2NO2S. The molecule has 0 aliphatic heterocycles. The molecule has 0 aromatic carbocycles. The summed E-state index contributed by atoms with van der Waals surface area (Å²) in [6.07, 6.45) is 0. The lowest BCUT2D eigenvalue weighted by molar-refractivity contribution is 0.0531. The number of rotatable bonds is 2. The third-order valence-electron chi connectivity index (χ3n) is 1.06. The third kappa shape index (κ3) is 2.05. The molecule has 0 aliphatic carbocycles. The van der Waals surface area contributed by atoms with Gasteiger partial charge >= 0.3 is 5.97 Å². The molecule has 0 fully saturated rings. The van der Waals surface area contributed by atoms with Crippen molar-refractivity contribution in [2.45, 2.75) is 6.92 Å². The van der Waals surface area contributed by atoms with Crippen molar-refractivity contribution in [1.82, 2.24) is 4.37 Å². The number of hydrogen-bond donors (Lipinski definition) is 0.